The van der Waals surface area contributed by atoms with E-state index in [4.69, 9.17) is 0 Å². The first-order chi connectivity index (χ1) is 6.18. The van der Waals surface area contributed by atoms with Crippen LogP contribution in [-0.4, -0.2) is 0 Å². The summed E-state index contributed by atoms with van der Waals surface area (Å²) in [7, 11) is 0. The normalized spacial score (nSPS) is 12.5. The Hall–Kier alpha value is -1.04. The molecule has 1 atom stereocenters. The average Bonchev–Trinajstić information content (AvgIpc) is 2.04. The highest BCUT2D eigenvalue weighted by molar-refractivity contribution is 5.15. The van der Waals surface area contributed by atoms with Gasteiger partial charge in [0, 0.05) is 0 Å². The Balaban J connectivity index is 2.45. The topological polar surface area (TPSA) is 0 Å². The van der Waals surface area contributed by atoms with Crippen molar-refractivity contribution in [2.75, 3.05) is 0 Å². The molecule has 0 saturated heterocycles. The number of hydrogen-bond donors (Lipinski definition) is 0. The summed E-state index contributed by atoms with van der Waals surface area (Å²) in [6.07, 6.45) is 2.29. The first-order valence-electron chi connectivity index (χ1n) is 4.87. The van der Waals surface area contributed by atoms with Gasteiger partial charge in [-0.2, -0.15) is 0 Å². The summed E-state index contributed by atoms with van der Waals surface area (Å²) in [4.78, 5) is 0. The first kappa shape index (κ1) is 10.0. The highest BCUT2D eigenvalue weighted by Crippen LogP contribution is 2.14. The van der Waals surface area contributed by atoms with Crippen molar-refractivity contribution in [1.29, 1.82) is 0 Å². The molecule has 1 aromatic carbocycles. The lowest BCUT2D eigenvalue weighted by Gasteiger charge is -2.10. The zero-order chi connectivity index (χ0) is 9.68. The van der Waals surface area contributed by atoms with E-state index in [2.05, 4.69) is 50.8 Å². The highest BCUT2D eigenvalue weighted by Gasteiger charge is 2.02. The van der Waals surface area contributed by atoms with E-state index in [-0.39, 0.29) is 0 Å². The van der Waals surface area contributed by atoms with Crippen LogP contribution in [0.15, 0.2) is 42.5 Å². The Kier molecular flexibility index (Phi) is 3.75. The van der Waals surface area contributed by atoms with Crippen molar-refractivity contribution >= 4 is 0 Å². The molecular weight excluding hydrogens is 156 g/mol. The fraction of sp³-hybridized carbons (Fsp3) is 0.385. The molecule has 1 aromatic rings. The van der Waals surface area contributed by atoms with Crippen molar-refractivity contribution in [2.24, 2.45) is 5.92 Å². The van der Waals surface area contributed by atoms with Gasteiger partial charge < -0.3 is 0 Å². The van der Waals surface area contributed by atoms with Gasteiger partial charge in [-0.3, -0.25) is 0 Å². The molecule has 0 aliphatic carbocycles. The van der Waals surface area contributed by atoms with E-state index in [9.17, 15) is 0 Å². The Morgan fingerprint density at radius 1 is 1.31 bits per heavy atom. The molecule has 0 spiro atoms. The van der Waals surface area contributed by atoms with Crippen LogP contribution < -0.4 is 0 Å². The van der Waals surface area contributed by atoms with Gasteiger partial charge >= 0.3 is 0 Å². The molecule has 0 aliphatic rings. The van der Waals surface area contributed by atoms with E-state index in [1.54, 1.807) is 0 Å². The summed E-state index contributed by atoms with van der Waals surface area (Å²) in [5.74, 6) is 0.708. The molecule has 70 valence electrons. The van der Waals surface area contributed by atoms with Gasteiger partial charge in [-0.25, -0.2) is 0 Å². The van der Waals surface area contributed by atoms with Gasteiger partial charge in [-0.1, -0.05) is 42.8 Å². The largest absolute Gasteiger partial charge is 0.100 e. The van der Waals surface area contributed by atoms with Crippen molar-refractivity contribution < 1.29 is 0 Å². The van der Waals surface area contributed by atoms with Gasteiger partial charge in [0.15, 0.2) is 0 Å². The lowest BCUT2D eigenvalue weighted by Crippen LogP contribution is -1.99. The standard InChI is InChI=1S/C13H18/c1-11(2)9-12(3)10-13-7-5-4-6-8-13/h4-8,12H,1,9-10H2,2-3H3. The van der Waals surface area contributed by atoms with E-state index in [1.165, 1.54) is 11.1 Å². The van der Waals surface area contributed by atoms with Gasteiger partial charge in [0.25, 0.3) is 0 Å². The van der Waals surface area contributed by atoms with Crippen LogP contribution >= 0.6 is 0 Å². The molecule has 0 aromatic heterocycles. The van der Waals surface area contributed by atoms with Crippen molar-refractivity contribution in [3.8, 4) is 0 Å². The maximum atomic E-state index is 3.94. The number of hydrogen-bond acceptors (Lipinski definition) is 0. The Labute approximate surface area is 81.3 Å². The summed E-state index contributed by atoms with van der Waals surface area (Å²) in [5, 5.41) is 0. The Bertz CT molecular complexity index is 259. The first-order valence-corrected chi connectivity index (χ1v) is 4.87. The lowest BCUT2D eigenvalue weighted by molar-refractivity contribution is 0.575. The SMILES string of the molecule is C=C(C)CC(C)Cc1ccccc1. The molecule has 0 fully saturated rings. The summed E-state index contributed by atoms with van der Waals surface area (Å²) in [5.41, 5.74) is 2.71. The second-order valence-electron chi connectivity index (χ2n) is 3.96. The monoisotopic (exact) mass is 174 g/mol. The van der Waals surface area contributed by atoms with Gasteiger partial charge in [0.2, 0.25) is 0 Å². The molecule has 0 N–H and O–H groups in total. The van der Waals surface area contributed by atoms with Crippen molar-refractivity contribution in [3.05, 3.63) is 48.0 Å². The molecule has 0 heterocycles. The smallest absolute Gasteiger partial charge is 0.0250 e. The van der Waals surface area contributed by atoms with Gasteiger partial charge in [0.1, 0.15) is 0 Å². The molecular formula is C13H18. The fourth-order valence-electron chi connectivity index (χ4n) is 1.68. The highest BCUT2D eigenvalue weighted by atomic mass is 14.1. The van der Waals surface area contributed by atoms with Gasteiger partial charge in [0.05, 0.1) is 0 Å². The Morgan fingerprint density at radius 3 is 2.46 bits per heavy atom. The molecule has 0 aliphatic heterocycles. The summed E-state index contributed by atoms with van der Waals surface area (Å²) in [6.45, 7) is 8.31. The minimum Gasteiger partial charge on any atom is -0.100 e. The van der Waals surface area contributed by atoms with Crippen molar-refractivity contribution in [3.63, 3.8) is 0 Å². The average molecular weight is 174 g/mol. The molecule has 0 saturated carbocycles. The number of allylic oxidation sites excluding steroid dienone is 1. The van der Waals surface area contributed by atoms with E-state index in [1.807, 2.05) is 0 Å². The quantitative estimate of drug-likeness (QED) is 0.608. The van der Waals surface area contributed by atoms with Gasteiger partial charge in [-0.15, -0.1) is 6.58 Å². The molecule has 13 heavy (non-hydrogen) atoms. The zero-order valence-electron chi connectivity index (χ0n) is 8.59. The predicted octanol–water partition coefficient (Wildman–Crippen LogP) is 3.83. The van der Waals surface area contributed by atoms with Crippen LogP contribution in [0.5, 0.6) is 0 Å². The molecule has 1 rings (SSSR count). The van der Waals surface area contributed by atoms with Crippen LogP contribution in [0.3, 0.4) is 0 Å². The summed E-state index contributed by atoms with van der Waals surface area (Å²) < 4.78 is 0. The van der Waals surface area contributed by atoms with Crippen LogP contribution in [-0.2, 0) is 6.42 Å². The van der Waals surface area contributed by atoms with E-state index in [0.717, 1.165) is 12.8 Å². The third-order valence-electron chi connectivity index (χ3n) is 2.12. The minimum atomic E-state index is 0.708. The predicted molar refractivity (Wildman–Crippen MR) is 58.7 cm³/mol. The summed E-state index contributed by atoms with van der Waals surface area (Å²) >= 11 is 0. The lowest BCUT2D eigenvalue weighted by atomic mass is 9.95. The molecule has 0 amide bonds. The number of benzene rings is 1. The third kappa shape index (κ3) is 3.93. The van der Waals surface area contributed by atoms with Gasteiger partial charge in [-0.05, 0) is 31.2 Å². The molecule has 0 heteroatoms. The van der Waals surface area contributed by atoms with E-state index < -0.39 is 0 Å². The second kappa shape index (κ2) is 4.86. The van der Waals surface area contributed by atoms with Crippen LogP contribution in [0.2, 0.25) is 0 Å². The minimum absolute atomic E-state index is 0.708. The van der Waals surface area contributed by atoms with Crippen LogP contribution in [0.25, 0.3) is 0 Å². The maximum Gasteiger partial charge on any atom is -0.0250 e. The van der Waals surface area contributed by atoms with Crippen molar-refractivity contribution in [1.82, 2.24) is 0 Å². The maximum absolute atomic E-state index is 3.94. The van der Waals surface area contributed by atoms with Crippen molar-refractivity contribution in [2.45, 2.75) is 26.7 Å². The van der Waals surface area contributed by atoms with E-state index in [0.29, 0.717) is 5.92 Å². The van der Waals surface area contributed by atoms with Crippen LogP contribution in [0.1, 0.15) is 25.8 Å². The second-order valence-corrected chi connectivity index (χ2v) is 3.96. The zero-order valence-corrected chi connectivity index (χ0v) is 8.59. The number of rotatable bonds is 4. The van der Waals surface area contributed by atoms with Crippen LogP contribution in [0, 0.1) is 5.92 Å². The third-order valence-corrected chi connectivity index (χ3v) is 2.12. The van der Waals surface area contributed by atoms with Crippen LogP contribution in [0.4, 0.5) is 0 Å². The molecule has 1 unspecified atom stereocenters. The molecule has 0 nitrogen and oxygen atoms in total. The molecule has 0 bridgehead atoms. The molecule has 0 radical (unpaired) electrons. The summed E-state index contributed by atoms with van der Waals surface area (Å²) in [6, 6.07) is 10.6. The van der Waals surface area contributed by atoms with E-state index >= 15 is 0 Å². The Morgan fingerprint density at radius 2 is 1.92 bits per heavy atom. The fourth-order valence-corrected chi connectivity index (χ4v) is 1.68.